The van der Waals surface area contributed by atoms with Crippen molar-refractivity contribution in [2.75, 3.05) is 0 Å². The summed E-state index contributed by atoms with van der Waals surface area (Å²) in [5.41, 5.74) is -5.39. The van der Waals surface area contributed by atoms with E-state index >= 15 is 0 Å². The summed E-state index contributed by atoms with van der Waals surface area (Å²) < 4.78 is 62.8. The van der Waals surface area contributed by atoms with Gasteiger partial charge in [0.1, 0.15) is 5.76 Å². The Bertz CT molecular complexity index is 445. The van der Waals surface area contributed by atoms with E-state index in [0.717, 1.165) is 32.1 Å². The van der Waals surface area contributed by atoms with Gasteiger partial charge in [0, 0.05) is 6.42 Å². The number of hydrogen-bond acceptors (Lipinski definition) is 3. The Labute approximate surface area is 104 Å². The summed E-state index contributed by atoms with van der Waals surface area (Å²) in [5.74, 6) is -0.0412. The monoisotopic (exact) mass is 284 g/mol. The van der Waals surface area contributed by atoms with Crippen molar-refractivity contribution in [2.45, 2.75) is 50.5 Å². The summed E-state index contributed by atoms with van der Waals surface area (Å²) in [6.07, 6.45) is 7.27. The second kappa shape index (κ2) is 4.43. The first-order valence-corrected chi connectivity index (χ1v) is 7.35. The topological polar surface area (TPSA) is 43.4 Å². The third-order valence-corrected chi connectivity index (χ3v) is 4.76. The van der Waals surface area contributed by atoms with E-state index in [-0.39, 0.29) is 11.2 Å². The number of hydrogen-bond donors (Lipinski definition) is 0. The normalized spacial score (nSPS) is 24.1. The molecule has 0 atom stereocenters. The summed E-state index contributed by atoms with van der Waals surface area (Å²) >= 11 is 0. The highest BCUT2D eigenvalue weighted by Gasteiger charge is 2.49. The van der Waals surface area contributed by atoms with Crippen LogP contribution in [0.25, 0.3) is 0 Å². The van der Waals surface area contributed by atoms with Gasteiger partial charge in [-0.2, -0.15) is 21.6 Å². The molecule has 0 radical (unpaired) electrons. The molecule has 0 N–H and O–H groups in total. The molecule has 18 heavy (non-hydrogen) atoms. The summed E-state index contributed by atoms with van der Waals surface area (Å²) in [6, 6.07) is 0. The first kappa shape index (κ1) is 13.7. The molecule has 1 fully saturated rings. The second-order valence-electron chi connectivity index (χ2n) is 5.08. The molecule has 0 amide bonds. The maximum Gasteiger partial charge on any atom is 0.534 e. The van der Waals surface area contributed by atoms with E-state index in [1.54, 1.807) is 0 Å². The fraction of sp³-hybridized carbons (Fsp3) is 0.818. The van der Waals surface area contributed by atoms with Crippen LogP contribution in [0, 0.1) is 5.41 Å². The van der Waals surface area contributed by atoms with Crippen LogP contribution >= 0.6 is 0 Å². The van der Waals surface area contributed by atoms with Gasteiger partial charge in [0.15, 0.2) is 0 Å². The fourth-order valence-electron chi connectivity index (χ4n) is 2.87. The number of rotatable bonds is 2. The van der Waals surface area contributed by atoms with Crippen molar-refractivity contribution >= 4 is 10.1 Å². The predicted octanol–water partition coefficient (Wildman–Crippen LogP) is 3.48. The first-order chi connectivity index (χ1) is 8.24. The summed E-state index contributed by atoms with van der Waals surface area (Å²) in [7, 11) is -5.51. The highest BCUT2D eigenvalue weighted by atomic mass is 32.2. The zero-order chi connectivity index (χ0) is 13.4. The highest BCUT2D eigenvalue weighted by Crippen LogP contribution is 2.49. The average Bonchev–Trinajstić information content (AvgIpc) is 2.64. The average molecular weight is 284 g/mol. The molecule has 104 valence electrons. The van der Waals surface area contributed by atoms with Crippen molar-refractivity contribution in [3.63, 3.8) is 0 Å². The molecule has 2 aliphatic rings. The lowest BCUT2D eigenvalue weighted by Gasteiger charge is -2.32. The standard InChI is InChI=1S/C11H15F3O3S/c12-11(13,14)18(15,16)17-9-4-3-7-10(8-9)5-1-2-6-10/h4H,1-3,5-8H2. The Hall–Kier alpha value is -0.720. The molecule has 3 nitrogen and oxygen atoms in total. The Kier molecular flexibility index (Phi) is 3.38. The van der Waals surface area contributed by atoms with Crippen molar-refractivity contribution in [1.82, 2.24) is 0 Å². The van der Waals surface area contributed by atoms with Gasteiger partial charge < -0.3 is 4.18 Å². The molecule has 0 saturated heterocycles. The minimum atomic E-state index is -5.51. The third-order valence-electron chi connectivity index (χ3n) is 3.76. The minimum absolute atomic E-state index is 0.0365. The number of allylic oxidation sites excluding steroid dienone is 2. The lowest BCUT2D eigenvalue weighted by Crippen LogP contribution is -2.28. The Morgan fingerprint density at radius 3 is 2.33 bits per heavy atom. The van der Waals surface area contributed by atoms with Crippen LogP contribution in [-0.2, 0) is 14.3 Å². The van der Waals surface area contributed by atoms with Gasteiger partial charge in [-0.05, 0) is 37.2 Å². The van der Waals surface area contributed by atoms with E-state index < -0.39 is 15.6 Å². The van der Waals surface area contributed by atoms with E-state index in [1.165, 1.54) is 6.08 Å². The maximum atomic E-state index is 12.2. The molecule has 1 spiro atoms. The highest BCUT2D eigenvalue weighted by molar-refractivity contribution is 7.87. The van der Waals surface area contributed by atoms with Gasteiger partial charge in [0.25, 0.3) is 0 Å². The lowest BCUT2D eigenvalue weighted by atomic mass is 9.75. The Morgan fingerprint density at radius 1 is 1.17 bits per heavy atom. The van der Waals surface area contributed by atoms with Crippen molar-refractivity contribution in [1.29, 1.82) is 0 Å². The summed E-state index contributed by atoms with van der Waals surface area (Å²) in [6.45, 7) is 0. The summed E-state index contributed by atoms with van der Waals surface area (Å²) in [5, 5.41) is 0. The van der Waals surface area contributed by atoms with Crippen LogP contribution in [0.3, 0.4) is 0 Å². The smallest absolute Gasteiger partial charge is 0.381 e. The molecule has 0 aromatic rings. The van der Waals surface area contributed by atoms with Crippen LogP contribution in [0.1, 0.15) is 44.9 Å². The fourth-order valence-corrected chi connectivity index (χ4v) is 3.38. The Balaban J connectivity index is 2.09. The molecule has 2 rings (SSSR count). The van der Waals surface area contributed by atoms with Crippen molar-refractivity contribution < 1.29 is 25.8 Å². The quantitative estimate of drug-likeness (QED) is 0.576. The van der Waals surface area contributed by atoms with E-state index in [2.05, 4.69) is 4.18 Å². The van der Waals surface area contributed by atoms with Gasteiger partial charge in [-0.1, -0.05) is 12.8 Å². The molecule has 1 saturated carbocycles. The molecule has 0 heterocycles. The zero-order valence-corrected chi connectivity index (χ0v) is 10.6. The van der Waals surface area contributed by atoms with E-state index in [4.69, 9.17) is 0 Å². The SMILES string of the molecule is O=S(=O)(OC1=CCCC2(CCCC2)C1)C(F)(F)F. The zero-order valence-electron chi connectivity index (χ0n) is 9.79. The van der Waals surface area contributed by atoms with Crippen molar-refractivity contribution in [3.05, 3.63) is 11.8 Å². The van der Waals surface area contributed by atoms with Gasteiger partial charge in [0.05, 0.1) is 0 Å². The van der Waals surface area contributed by atoms with Gasteiger partial charge in [0.2, 0.25) is 0 Å². The summed E-state index contributed by atoms with van der Waals surface area (Å²) in [4.78, 5) is 0. The van der Waals surface area contributed by atoms with Crippen molar-refractivity contribution in [3.8, 4) is 0 Å². The number of halogens is 3. The molecule has 0 aromatic carbocycles. The molecule has 0 unspecified atom stereocenters. The molecule has 2 aliphatic carbocycles. The predicted molar refractivity (Wildman–Crippen MR) is 58.9 cm³/mol. The second-order valence-corrected chi connectivity index (χ2v) is 6.61. The molecular weight excluding hydrogens is 269 g/mol. The third kappa shape index (κ3) is 2.65. The van der Waals surface area contributed by atoms with Gasteiger partial charge in [-0.25, -0.2) is 0 Å². The van der Waals surface area contributed by atoms with Crippen LogP contribution in [0.5, 0.6) is 0 Å². The van der Waals surface area contributed by atoms with Crippen LogP contribution in [0.2, 0.25) is 0 Å². The molecule has 0 aliphatic heterocycles. The van der Waals surface area contributed by atoms with Gasteiger partial charge in [-0.3, -0.25) is 0 Å². The molecular formula is C11H15F3O3S. The van der Waals surface area contributed by atoms with E-state index in [9.17, 15) is 21.6 Å². The van der Waals surface area contributed by atoms with Crippen molar-refractivity contribution in [2.24, 2.45) is 5.41 Å². The largest absolute Gasteiger partial charge is 0.534 e. The molecule has 0 bridgehead atoms. The van der Waals surface area contributed by atoms with Crippen LogP contribution in [0.15, 0.2) is 11.8 Å². The number of alkyl halides is 3. The van der Waals surface area contributed by atoms with Gasteiger partial charge in [-0.15, -0.1) is 0 Å². The maximum absolute atomic E-state index is 12.2. The molecule has 0 aromatic heterocycles. The van der Waals surface area contributed by atoms with E-state index in [1.807, 2.05) is 0 Å². The molecule has 7 heteroatoms. The minimum Gasteiger partial charge on any atom is -0.381 e. The van der Waals surface area contributed by atoms with Crippen LogP contribution in [0.4, 0.5) is 13.2 Å². The first-order valence-electron chi connectivity index (χ1n) is 5.94. The van der Waals surface area contributed by atoms with E-state index in [0.29, 0.717) is 12.8 Å². The van der Waals surface area contributed by atoms with Gasteiger partial charge >= 0.3 is 15.6 Å². The van der Waals surface area contributed by atoms with Crippen LogP contribution < -0.4 is 0 Å². The van der Waals surface area contributed by atoms with Crippen LogP contribution in [-0.4, -0.2) is 13.9 Å². The Morgan fingerprint density at radius 2 is 1.78 bits per heavy atom. The lowest BCUT2D eigenvalue weighted by molar-refractivity contribution is -0.0527.